The zero-order valence-electron chi connectivity index (χ0n) is 12.2. The van der Waals surface area contributed by atoms with E-state index >= 15 is 0 Å². The molecule has 3 aromatic rings. The Hall–Kier alpha value is -2.81. The smallest absolute Gasteiger partial charge is 0.167 e. The number of carbonyl (C=O) groups excluding carboxylic acids is 2. The van der Waals surface area contributed by atoms with Gasteiger partial charge >= 0.3 is 0 Å². The summed E-state index contributed by atoms with van der Waals surface area (Å²) in [6, 6.07) is 16.5. The lowest BCUT2D eigenvalue weighted by atomic mass is 10.00. The first-order chi connectivity index (χ1) is 10.6. The summed E-state index contributed by atoms with van der Waals surface area (Å²) in [4.78, 5) is 27.9. The maximum Gasteiger partial charge on any atom is 0.167 e. The Labute approximate surface area is 128 Å². The van der Waals surface area contributed by atoms with Crippen molar-refractivity contribution in [2.75, 3.05) is 0 Å². The first-order valence-electron chi connectivity index (χ1n) is 7.11. The van der Waals surface area contributed by atoms with Gasteiger partial charge in [0.2, 0.25) is 0 Å². The van der Waals surface area contributed by atoms with Crippen LogP contribution in [0.5, 0.6) is 0 Å². The normalized spacial score (nSPS) is 10.6. The Kier molecular flexibility index (Phi) is 3.79. The van der Waals surface area contributed by atoms with E-state index < -0.39 is 0 Å². The fourth-order valence-corrected chi connectivity index (χ4v) is 2.41. The van der Waals surface area contributed by atoms with E-state index in [0.717, 1.165) is 16.5 Å². The Morgan fingerprint density at radius 1 is 0.955 bits per heavy atom. The predicted octanol–water partition coefficient (Wildman–Crippen LogP) is 3.86. The molecule has 0 saturated carbocycles. The molecule has 2 aromatic carbocycles. The summed E-state index contributed by atoms with van der Waals surface area (Å²) in [7, 11) is 0. The number of benzene rings is 2. The molecule has 0 saturated heterocycles. The van der Waals surface area contributed by atoms with Crippen LogP contribution in [0.15, 0.2) is 60.8 Å². The Bertz CT molecular complexity index is 851. The first-order valence-corrected chi connectivity index (χ1v) is 7.11. The summed E-state index contributed by atoms with van der Waals surface area (Å²) in [5.74, 6) is 0.0411. The van der Waals surface area contributed by atoms with Gasteiger partial charge in [-0.05, 0) is 30.7 Å². The molecule has 0 atom stereocenters. The Morgan fingerprint density at radius 3 is 2.41 bits per heavy atom. The summed E-state index contributed by atoms with van der Waals surface area (Å²) in [6.07, 6.45) is 2.09. The maximum atomic E-state index is 12.3. The van der Waals surface area contributed by atoms with E-state index in [-0.39, 0.29) is 11.6 Å². The van der Waals surface area contributed by atoms with Crippen LogP contribution in [0, 0.1) is 0 Å². The van der Waals surface area contributed by atoms with Gasteiger partial charge in [0, 0.05) is 29.1 Å². The van der Waals surface area contributed by atoms with Gasteiger partial charge in [0.25, 0.3) is 0 Å². The lowest BCUT2D eigenvalue weighted by molar-refractivity contribution is 0.0987. The number of rotatable bonds is 4. The third-order valence-electron chi connectivity index (χ3n) is 3.65. The Morgan fingerprint density at radius 2 is 1.68 bits per heavy atom. The van der Waals surface area contributed by atoms with E-state index in [1.165, 1.54) is 6.92 Å². The minimum Gasteiger partial charge on any atom is -0.295 e. The van der Waals surface area contributed by atoms with Crippen molar-refractivity contribution in [3.05, 3.63) is 77.5 Å². The molecule has 1 heterocycles. The molecule has 108 valence electrons. The summed E-state index contributed by atoms with van der Waals surface area (Å²) < 4.78 is 0. The van der Waals surface area contributed by atoms with Crippen LogP contribution in [0.25, 0.3) is 10.9 Å². The summed E-state index contributed by atoms with van der Waals surface area (Å²) in [6.45, 7) is 1.51. The molecule has 0 N–H and O–H groups in total. The van der Waals surface area contributed by atoms with Crippen LogP contribution in [0.4, 0.5) is 0 Å². The van der Waals surface area contributed by atoms with Crippen molar-refractivity contribution in [1.82, 2.24) is 4.98 Å². The average molecular weight is 289 g/mol. The number of ketones is 2. The van der Waals surface area contributed by atoms with Crippen molar-refractivity contribution in [2.45, 2.75) is 13.3 Å². The lowest BCUT2D eigenvalue weighted by Gasteiger charge is -2.04. The molecule has 3 rings (SSSR count). The summed E-state index contributed by atoms with van der Waals surface area (Å²) >= 11 is 0. The van der Waals surface area contributed by atoms with Crippen LogP contribution >= 0.6 is 0 Å². The standard InChI is InChI=1S/C19H15NO2/c1-13(21)15-5-7-16(8-6-15)19(22)12-14-4-9-18-17(11-14)3-2-10-20-18/h2-11H,12H2,1H3. The molecular weight excluding hydrogens is 274 g/mol. The number of hydrogen-bond donors (Lipinski definition) is 0. The molecular formula is C19H15NO2. The van der Waals surface area contributed by atoms with Gasteiger partial charge in [-0.2, -0.15) is 0 Å². The minimum absolute atomic E-state index is 0.000952. The largest absolute Gasteiger partial charge is 0.295 e. The molecule has 0 aliphatic carbocycles. The highest BCUT2D eigenvalue weighted by Gasteiger charge is 2.08. The van der Waals surface area contributed by atoms with Crippen LogP contribution in [-0.4, -0.2) is 16.6 Å². The second-order valence-corrected chi connectivity index (χ2v) is 5.26. The molecule has 0 unspecified atom stereocenters. The van der Waals surface area contributed by atoms with Crippen molar-refractivity contribution in [3.63, 3.8) is 0 Å². The number of pyridine rings is 1. The third-order valence-corrected chi connectivity index (χ3v) is 3.65. The van der Waals surface area contributed by atoms with Gasteiger partial charge in [0.1, 0.15) is 0 Å². The van der Waals surface area contributed by atoms with Crippen molar-refractivity contribution in [1.29, 1.82) is 0 Å². The SMILES string of the molecule is CC(=O)c1ccc(C(=O)Cc2ccc3ncccc3c2)cc1. The molecule has 0 bridgehead atoms. The van der Waals surface area contributed by atoms with Crippen molar-refractivity contribution >= 4 is 22.5 Å². The third kappa shape index (κ3) is 2.93. The number of hydrogen-bond acceptors (Lipinski definition) is 3. The molecule has 3 heteroatoms. The highest BCUT2D eigenvalue weighted by molar-refractivity contribution is 6.00. The van der Waals surface area contributed by atoms with E-state index in [2.05, 4.69) is 4.98 Å². The zero-order chi connectivity index (χ0) is 15.5. The van der Waals surface area contributed by atoms with E-state index in [9.17, 15) is 9.59 Å². The van der Waals surface area contributed by atoms with Gasteiger partial charge in [0.05, 0.1) is 5.52 Å². The molecule has 0 fully saturated rings. The van der Waals surface area contributed by atoms with Crippen LogP contribution in [0.2, 0.25) is 0 Å². The molecule has 0 aliphatic rings. The highest BCUT2D eigenvalue weighted by atomic mass is 16.1. The number of Topliss-reactive ketones (excluding diaryl/α,β-unsaturated/α-hetero) is 2. The average Bonchev–Trinajstić information content (AvgIpc) is 2.55. The van der Waals surface area contributed by atoms with Crippen LogP contribution in [-0.2, 0) is 6.42 Å². The summed E-state index contributed by atoms with van der Waals surface area (Å²) in [5, 5.41) is 1.03. The molecule has 0 amide bonds. The molecule has 0 spiro atoms. The Balaban J connectivity index is 1.81. The fourth-order valence-electron chi connectivity index (χ4n) is 2.41. The van der Waals surface area contributed by atoms with Crippen molar-refractivity contribution < 1.29 is 9.59 Å². The zero-order valence-corrected chi connectivity index (χ0v) is 12.2. The van der Waals surface area contributed by atoms with Crippen LogP contribution < -0.4 is 0 Å². The number of nitrogens with zero attached hydrogens (tertiary/aromatic N) is 1. The lowest BCUT2D eigenvalue weighted by Crippen LogP contribution is -2.04. The predicted molar refractivity (Wildman–Crippen MR) is 86.2 cm³/mol. The van der Waals surface area contributed by atoms with E-state index in [1.807, 2.05) is 30.3 Å². The van der Waals surface area contributed by atoms with Gasteiger partial charge < -0.3 is 0 Å². The van der Waals surface area contributed by atoms with Crippen LogP contribution in [0.3, 0.4) is 0 Å². The summed E-state index contributed by atoms with van der Waals surface area (Å²) in [5.41, 5.74) is 3.12. The van der Waals surface area contributed by atoms with Crippen molar-refractivity contribution in [3.8, 4) is 0 Å². The monoisotopic (exact) mass is 289 g/mol. The second-order valence-electron chi connectivity index (χ2n) is 5.26. The number of fused-ring (bicyclic) bond motifs is 1. The van der Waals surface area contributed by atoms with Gasteiger partial charge in [-0.1, -0.05) is 36.4 Å². The first kappa shape index (κ1) is 14.1. The highest BCUT2D eigenvalue weighted by Crippen LogP contribution is 2.15. The second kappa shape index (κ2) is 5.90. The van der Waals surface area contributed by atoms with Crippen LogP contribution in [0.1, 0.15) is 33.2 Å². The van der Waals surface area contributed by atoms with E-state index in [1.54, 1.807) is 30.5 Å². The van der Waals surface area contributed by atoms with E-state index in [0.29, 0.717) is 17.5 Å². The van der Waals surface area contributed by atoms with E-state index in [4.69, 9.17) is 0 Å². The number of carbonyl (C=O) groups is 2. The molecule has 0 radical (unpaired) electrons. The molecule has 0 aliphatic heterocycles. The number of aromatic nitrogens is 1. The van der Waals surface area contributed by atoms with Gasteiger partial charge in [-0.25, -0.2) is 0 Å². The van der Waals surface area contributed by atoms with Gasteiger partial charge in [-0.15, -0.1) is 0 Å². The molecule has 22 heavy (non-hydrogen) atoms. The topological polar surface area (TPSA) is 47.0 Å². The fraction of sp³-hybridized carbons (Fsp3) is 0.105. The van der Waals surface area contributed by atoms with Crippen molar-refractivity contribution in [2.24, 2.45) is 0 Å². The van der Waals surface area contributed by atoms with Gasteiger partial charge in [0.15, 0.2) is 11.6 Å². The van der Waals surface area contributed by atoms with Gasteiger partial charge in [-0.3, -0.25) is 14.6 Å². The molecule has 3 nitrogen and oxygen atoms in total. The quantitative estimate of drug-likeness (QED) is 0.685. The minimum atomic E-state index is 0.000952. The maximum absolute atomic E-state index is 12.3. The molecule has 1 aromatic heterocycles.